The normalized spacial score (nSPS) is 11.3. The Kier molecular flexibility index (Phi) is 6.91. The molecule has 0 N–H and O–H groups in total. The molecule has 0 saturated carbocycles. The van der Waals surface area contributed by atoms with Crippen LogP contribution in [0.5, 0.6) is 0 Å². The van der Waals surface area contributed by atoms with Crippen LogP contribution < -0.4 is 0 Å². The molecule has 0 aromatic heterocycles. The van der Waals surface area contributed by atoms with E-state index in [-0.39, 0.29) is 0 Å². The second-order valence-corrected chi connectivity index (χ2v) is 12.4. The second-order valence-electron chi connectivity index (χ2n) is 12.4. The van der Waals surface area contributed by atoms with Crippen molar-refractivity contribution in [2.24, 2.45) is 0 Å². The van der Waals surface area contributed by atoms with Gasteiger partial charge in [-0.3, -0.25) is 0 Å². The van der Waals surface area contributed by atoms with E-state index in [1.54, 1.807) is 0 Å². The molecule has 9 aromatic carbocycles. The van der Waals surface area contributed by atoms with Crippen molar-refractivity contribution in [3.05, 3.63) is 194 Å². The fourth-order valence-corrected chi connectivity index (χ4v) is 7.57. The molecule has 224 valence electrons. The van der Waals surface area contributed by atoms with Crippen LogP contribution in [-0.2, 0) is 0 Å². The lowest BCUT2D eigenvalue weighted by Crippen LogP contribution is -1.93. The van der Waals surface area contributed by atoms with Crippen LogP contribution >= 0.6 is 0 Å². The first-order valence-corrected chi connectivity index (χ1v) is 16.6. The van der Waals surface area contributed by atoms with Gasteiger partial charge in [0.15, 0.2) is 0 Å². The van der Waals surface area contributed by atoms with E-state index in [2.05, 4.69) is 194 Å². The van der Waals surface area contributed by atoms with Crippen molar-refractivity contribution in [3.8, 4) is 55.6 Å². The van der Waals surface area contributed by atoms with E-state index in [0.29, 0.717) is 0 Å². The molecule has 0 atom stereocenters. The second kappa shape index (κ2) is 11.8. The van der Waals surface area contributed by atoms with Crippen LogP contribution in [0.4, 0.5) is 0 Å². The Balaban J connectivity index is 1.33. The summed E-state index contributed by atoms with van der Waals surface area (Å²) < 4.78 is 0. The first kappa shape index (κ1) is 28.0. The molecular formula is C48H32. The van der Waals surface area contributed by atoms with Crippen LogP contribution in [0.3, 0.4) is 0 Å². The van der Waals surface area contributed by atoms with Gasteiger partial charge in [-0.05, 0) is 100 Å². The fraction of sp³-hybridized carbons (Fsp3) is 0. The van der Waals surface area contributed by atoms with Gasteiger partial charge in [0.05, 0.1) is 0 Å². The summed E-state index contributed by atoms with van der Waals surface area (Å²) in [7, 11) is 0. The molecule has 0 nitrogen and oxygen atoms in total. The summed E-state index contributed by atoms with van der Waals surface area (Å²) in [5.74, 6) is 0. The van der Waals surface area contributed by atoms with Crippen LogP contribution in [-0.4, -0.2) is 0 Å². The molecule has 0 amide bonds. The Morgan fingerprint density at radius 3 is 1.06 bits per heavy atom. The highest BCUT2D eigenvalue weighted by Crippen LogP contribution is 2.46. The minimum absolute atomic E-state index is 1.21. The number of hydrogen-bond donors (Lipinski definition) is 0. The van der Waals surface area contributed by atoms with Gasteiger partial charge in [0.2, 0.25) is 0 Å². The average Bonchev–Trinajstić information content (AvgIpc) is 3.17. The molecule has 0 spiro atoms. The summed E-state index contributed by atoms with van der Waals surface area (Å²) in [4.78, 5) is 0. The quantitative estimate of drug-likeness (QED) is 0.171. The smallest absolute Gasteiger partial charge is 0.00262 e. The highest BCUT2D eigenvalue weighted by Gasteiger charge is 2.19. The van der Waals surface area contributed by atoms with Gasteiger partial charge in [-0.25, -0.2) is 0 Å². The Hall–Kier alpha value is -6.24. The summed E-state index contributed by atoms with van der Waals surface area (Å²) in [6, 6.07) is 70.7. The molecule has 0 radical (unpaired) electrons. The monoisotopic (exact) mass is 608 g/mol. The maximum absolute atomic E-state index is 2.41. The number of rotatable bonds is 5. The number of hydrogen-bond acceptors (Lipinski definition) is 0. The number of fused-ring (bicyclic) bond motifs is 3. The highest BCUT2D eigenvalue weighted by molar-refractivity contribution is 6.21. The summed E-state index contributed by atoms with van der Waals surface area (Å²) in [6.45, 7) is 0. The molecule has 0 saturated heterocycles. The molecule has 9 aromatic rings. The summed E-state index contributed by atoms with van der Waals surface area (Å²) >= 11 is 0. The average molecular weight is 609 g/mol. The predicted molar refractivity (Wildman–Crippen MR) is 206 cm³/mol. The molecule has 0 heterocycles. The lowest BCUT2D eigenvalue weighted by atomic mass is 9.83. The standard InChI is InChI=1S/C48H32/c1-4-17-33(18-5-1)45-32-44(38-25-10-11-26-39(38)47(45)35-21-8-3-9-22-35)36-23-16-24-37(31-36)48-42-29-14-12-27-40(42)46(34-19-6-2-7-20-34)41-28-13-15-30-43(41)48/h1-32H. The lowest BCUT2D eigenvalue weighted by Gasteiger charge is -2.20. The van der Waals surface area contributed by atoms with Crippen LogP contribution in [0.1, 0.15) is 0 Å². The summed E-state index contributed by atoms with van der Waals surface area (Å²) in [6.07, 6.45) is 0. The molecule has 0 unspecified atom stereocenters. The Morgan fingerprint density at radius 2 is 0.542 bits per heavy atom. The van der Waals surface area contributed by atoms with Gasteiger partial charge < -0.3 is 0 Å². The third-order valence-electron chi connectivity index (χ3n) is 9.65. The van der Waals surface area contributed by atoms with Gasteiger partial charge in [-0.1, -0.05) is 182 Å². The van der Waals surface area contributed by atoms with Crippen molar-refractivity contribution in [2.75, 3.05) is 0 Å². The zero-order valence-corrected chi connectivity index (χ0v) is 26.5. The first-order chi connectivity index (χ1) is 23.8. The van der Waals surface area contributed by atoms with Gasteiger partial charge in [-0.15, -0.1) is 0 Å². The predicted octanol–water partition coefficient (Wildman–Crippen LogP) is 13.5. The van der Waals surface area contributed by atoms with Crippen molar-refractivity contribution >= 4 is 32.3 Å². The molecule has 0 aliphatic carbocycles. The topological polar surface area (TPSA) is 0 Å². The third-order valence-corrected chi connectivity index (χ3v) is 9.65. The minimum atomic E-state index is 1.21. The molecular weight excluding hydrogens is 577 g/mol. The molecule has 0 aliphatic rings. The van der Waals surface area contributed by atoms with Crippen molar-refractivity contribution in [1.29, 1.82) is 0 Å². The van der Waals surface area contributed by atoms with E-state index < -0.39 is 0 Å². The molecule has 0 fully saturated rings. The Labute approximate surface area is 281 Å². The van der Waals surface area contributed by atoms with Crippen molar-refractivity contribution < 1.29 is 0 Å². The van der Waals surface area contributed by atoms with E-state index in [1.165, 1.54) is 88.0 Å². The highest BCUT2D eigenvalue weighted by atomic mass is 14.2. The maximum atomic E-state index is 2.41. The van der Waals surface area contributed by atoms with Gasteiger partial charge in [0, 0.05) is 0 Å². The molecule has 0 heteroatoms. The van der Waals surface area contributed by atoms with E-state index in [4.69, 9.17) is 0 Å². The van der Waals surface area contributed by atoms with Gasteiger partial charge in [0.25, 0.3) is 0 Å². The Bertz CT molecular complexity index is 2520. The van der Waals surface area contributed by atoms with Gasteiger partial charge in [-0.2, -0.15) is 0 Å². The van der Waals surface area contributed by atoms with Crippen molar-refractivity contribution in [3.63, 3.8) is 0 Å². The Morgan fingerprint density at radius 1 is 0.188 bits per heavy atom. The molecule has 0 bridgehead atoms. The van der Waals surface area contributed by atoms with Crippen LogP contribution in [0, 0.1) is 0 Å². The number of benzene rings is 9. The lowest BCUT2D eigenvalue weighted by molar-refractivity contribution is 1.59. The SMILES string of the molecule is c1ccc(-c2cc(-c3cccc(-c4c5ccccc5c(-c5ccccc5)c5ccccc45)c3)c3ccccc3c2-c2ccccc2)cc1. The molecule has 0 aliphatic heterocycles. The van der Waals surface area contributed by atoms with Crippen LogP contribution in [0.25, 0.3) is 88.0 Å². The summed E-state index contributed by atoms with van der Waals surface area (Å²) in [5, 5.41) is 7.58. The van der Waals surface area contributed by atoms with Crippen LogP contribution in [0.15, 0.2) is 194 Å². The molecule has 9 rings (SSSR count). The van der Waals surface area contributed by atoms with E-state index in [9.17, 15) is 0 Å². The summed E-state index contributed by atoms with van der Waals surface area (Å²) in [5.41, 5.74) is 12.4. The zero-order valence-electron chi connectivity index (χ0n) is 26.5. The van der Waals surface area contributed by atoms with E-state index in [0.717, 1.165) is 0 Å². The van der Waals surface area contributed by atoms with Gasteiger partial charge >= 0.3 is 0 Å². The van der Waals surface area contributed by atoms with E-state index in [1.807, 2.05) is 0 Å². The fourth-order valence-electron chi connectivity index (χ4n) is 7.57. The minimum Gasteiger partial charge on any atom is -0.0622 e. The van der Waals surface area contributed by atoms with E-state index >= 15 is 0 Å². The maximum Gasteiger partial charge on any atom is -0.00262 e. The van der Waals surface area contributed by atoms with Crippen LogP contribution in [0.2, 0.25) is 0 Å². The zero-order chi connectivity index (χ0) is 31.9. The van der Waals surface area contributed by atoms with Gasteiger partial charge in [0.1, 0.15) is 0 Å². The van der Waals surface area contributed by atoms with Crippen molar-refractivity contribution in [2.45, 2.75) is 0 Å². The third kappa shape index (κ3) is 4.70. The first-order valence-electron chi connectivity index (χ1n) is 16.6. The van der Waals surface area contributed by atoms with Crippen molar-refractivity contribution in [1.82, 2.24) is 0 Å². The molecule has 48 heavy (non-hydrogen) atoms. The largest absolute Gasteiger partial charge is 0.0622 e.